The molecule has 0 aliphatic heterocycles. The van der Waals surface area contributed by atoms with E-state index in [-0.39, 0.29) is 17.7 Å². The molecule has 2 aromatic carbocycles. The van der Waals surface area contributed by atoms with Crippen molar-refractivity contribution in [2.24, 2.45) is 0 Å². The van der Waals surface area contributed by atoms with Crippen LogP contribution in [0.1, 0.15) is 31.8 Å². The van der Waals surface area contributed by atoms with Gasteiger partial charge in [-0.1, -0.05) is 24.3 Å². The highest BCUT2D eigenvalue weighted by atomic mass is 16.5. The Labute approximate surface area is 144 Å². The van der Waals surface area contributed by atoms with E-state index in [1.54, 1.807) is 6.07 Å². The largest absolute Gasteiger partial charge is 0.483 e. The molecule has 25 heavy (non-hydrogen) atoms. The van der Waals surface area contributed by atoms with Crippen molar-refractivity contribution >= 4 is 17.8 Å². The summed E-state index contributed by atoms with van der Waals surface area (Å²) in [6, 6.07) is 11.2. The summed E-state index contributed by atoms with van der Waals surface area (Å²) in [6.45, 7) is 3.53. The molecule has 7 heteroatoms. The second-order valence-corrected chi connectivity index (χ2v) is 5.34. The van der Waals surface area contributed by atoms with Gasteiger partial charge in [0.2, 0.25) is 0 Å². The summed E-state index contributed by atoms with van der Waals surface area (Å²) in [5.41, 5.74) is 6.13. The van der Waals surface area contributed by atoms with Gasteiger partial charge in [0.15, 0.2) is 6.61 Å². The summed E-state index contributed by atoms with van der Waals surface area (Å²) in [6.07, 6.45) is 0. The van der Waals surface area contributed by atoms with Crippen LogP contribution in [0.3, 0.4) is 0 Å². The molecule has 0 aliphatic carbocycles. The van der Waals surface area contributed by atoms with Crippen LogP contribution in [0.15, 0.2) is 42.5 Å². The number of rotatable bonds is 5. The number of nitrogens with one attached hydrogen (secondary N) is 2. The second-order valence-electron chi connectivity index (χ2n) is 5.34. The van der Waals surface area contributed by atoms with Crippen molar-refractivity contribution in [1.29, 1.82) is 0 Å². The highest BCUT2D eigenvalue weighted by Crippen LogP contribution is 2.20. The molecule has 3 N–H and O–H groups in total. The van der Waals surface area contributed by atoms with Gasteiger partial charge in [-0.15, -0.1) is 0 Å². The number of hydrogen-bond donors (Lipinski definition) is 3. The Morgan fingerprint density at radius 2 is 1.64 bits per heavy atom. The number of carboxylic acid groups (broad SMARTS) is 1. The van der Waals surface area contributed by atoms with Gasteiger partial charge in [-0.05, 0) is 43.2 Å². The lowest BCUT2D eigenvalue weighted by Crippen LogP contribution is -2.44. The maximum absolute atomic E-state index is 12.0. The van der Waals surface area contributed by atoms with Crippen LogP contribution in [0.5, 0.6) is 5.75 Å². The molecule has 0 fully saturated rings. The average molecular weight is 342 g/mol. The molecule has 0 spiro atoms. The minimum absolute atomic E-state index is 0.0502. The van der Waals surface area contributed by atoms with Gasteiger partial charge >= 0.3 is 5.97 Å². The first-order valence-electron chi connectivity index (χ1n) is 7.50. The SMILES string of the molecule is Cc1cccc(OCC(=O)NNC(=O)c2ccccc2C(=O)O)c1C. The van der Waals surface area contributed by atoms with Crippen LogP contribution in [-0.4, -0.2) is 29.5 Å². The molecule has 2 amide bonds. The summed E-state index contributed by atoms with van der Waals surface area (Å²) in [7, 11) is 0. The van der Waals surface area contributed by atoms with E-state index in [1.807, 2.05) is 26.0 Å². The minimum atomic E-state index is -1.23. The minimum Gasteiger partial charge on any atom is -0.483 e. The van der Waals surface area contributed by atoms with Crippen LogP contribution in [0, 0.1) is 13.8 Å². The molecule has 2 aromatic rings. The number of amides is 2. The number of carboxylic acids is 1. The molecule has 0 atom stereocenters. The van der Waals surface area contributed by atoms with Gasteiger partial charge in [0.05, 0.1) is 11.1 Å². The molecule has 0 radical (unpaired) electrons. The van der Waals surface area contributed by atoms with Gasteiger partial charge in [-0.25, -0.2) is 4.79 Å². The fourth-order valence-corrected chi connectivity index (χ4v) is 2.12. The summed E-state index contributed by atoms with van der Waals surface area (Å²) in [5, 5.41) is 9.06. The Hall–Kier alpha value is -3.35. The van der Waals surface area contributed by atoms with E-state index in [1.165, 1.54) is 24.3 Å². The van der Waals surface area contributed by atoms with Gasteiger partial charge in [-0.3, -0.25) is 20.4 Å². The molecule has 130 valence electrons. The zero-order chi connectivity index (χ0) is 18.4. The fraction of sp³-hybridized carbons (Fsp3) is 0.167. The maximum atomic E-state index is 12.0. The van der Waals surface area contributed by atoms with Crippen LogP contribution in [0.2, 0.25) is 0 Å². The molecule has 0 aromatic heterocycles. The summed E-state index contributed by atoms with van der Waals surface area (Å²) < 4.78 is 5.42. The van der Waals surface area contributed by atoms with E-state index < -0.39 is 17.8 Å². The monoisotopic (exact) mass is 342 g/mol. The second kappa shape index (κ2) is 7.96. The van der Waals surface area contributed by atoms with Crippen molar-refractivity contribution in [3.05, 3.63) is 64.7 Å². The van der Waals surface area contributed by atoms with E-state index in [0.717, 1.165) is 11.1 Å². The van der Waals surface area contributed by atoms with Crippen LogP contribution < -0.4 is 15.6 Å². The van der Waals surface area contributed by atoms with Crippen molar-refractivity contribution < 1.29 is 24.2 Å². The van der Waals surface area contributed by atoms with Crippen molar-refractivity contribution in [3.8, 4) is 5.75 Å². The Morgan fingerprint density at radius 3 is 2.32 bits per heavy atom. The predicted octanol–water partition coefficient (Wildman–Crippen LogP) is 1.84. The van der Waals surface area contributed by atoms with Crippen molar-refractivity contribution in [1.82, 2.24) is 10.9 Å². The number of aryl methyl sites for hydroxylation is 1. The molecule has 7 nitrogen and oxygen atoms in total. The molecular weight excluding hydrogens is 324 g/mol. The zero-order valence-electron chi connectivity index (χ0n) is 13.8. The van der Waals surface area contributed by atoms with E-state index in [0.29, 0.717) is 5.75 Å². The van der Waals surface area contributed by atoms with Gasteiger partial charge in [0, 0.05) is 0 Å². The first-order valence-corrected chi connectivity index (χ1v) is 7.50. The fourth-order valence-electron chi connectivity index (χ4n) is 2.12. The first-order chi connectivity index (χ1) is 11.9. The number of benzene rings is 2. The van der Waals surface area contributed by atoms with Gasteiger partial charge in [0.1, 0.15) is 5.75 Å². The van der Waals surface area contributed by atoms with Crippen molar-refractivity contribution in [2.75, 3.05) is 6.61 Å². The third-order valence-corrected chi connectivity index (χ3v) is 3.63. The Bertz CT molecular complexity index is 817. The Balaban J connectivity index is 1.91. The quantitative estimate of drug-likeness (QED) is 0.719. The number of hydrazine groups is 1. The Morgan fingerprint density at radius 1 is 0.960 bits per heavy atom. The molecule has 0 aliphatic rings. The molecule has 0 unspecified atom stereocenters. The normalized spacial score (nSPS) is 10.0. The molecular formula is C18H18N2O5. The first kappa shape index (κ1) is 18.0. The zero-order valence-corrected chi connectivity index (χ0v) is 13.8. The van der Waals surface area contributed by atoms with E-state index in [9.17, 15) is 14.4 Å². The maximum Gasteiger partial charge on any atom is 0.336 e. The standard InChI is InChI=1S/C18H18N2O5/c1-11-6-5-9-15(12(11)2)25-10-16(21)19-20-17(22)13-7-3-4-8-14(13)18(23)24/h3-9H,10H2,1-2H3,(H,19,21)(H,20,22)(H,23,24). The smallest absolute Gasteiger partial charge is 0.336 e. The molecule has 0 saturated carbocycles. The van der Waals surface area contributed by atoms with Crippen LogP contribution in [0.4, 0.5) is 0 Å². The van der Waals surface area contributed by atoms with E-state index in [4.69, 9.17) is 9.84 Å². The van der Waals surface area contributed by atoms with Crippen molar-refractivity contribution in [3.63, 3.8) is 0 Å². The lowest BCUT2D eigenvalue weighted by atomic mass is 10.1. The molecule has 0 heterocycles. The highest BCUT2D eigenvalue weighted by molar-refractivity contribution is 6.05. The van der Waals surface area contributed by atoms with E-state index >= 15 is 0 Å². The van der Waals surface area contributed by atoms with Crippen LogP contribution in [-0.2, 0) is 4.79 Å². The lowest BCUT2D eigenvalue weighted by molar-refractivity contribution is -0.123. The van der Waals surface area contributed by atoms with Gasteiger partial charge < -0.3 is 9.84 Å². The predicted molar refractivity (Wildman–Crippen MR) is 90.4 cm³/mol. The number of ether oxygens (including phenoxy) is 1. The van der Waals surface area contributed by atoms with Crippen molar-refractivity contribution in [2.45, 2.75) is 13.8 Å². The average Bonchev–Trinajstić information content (AvgIpc) is 2.60. The highest BCUT2D eigenvalue weighted by Gasteiger charge is 2.16. The van der Waals surface area contributed by atoms with Gasteiger partial charge in [0.25, 0.3) is 11.8 Å². The topological polar surface area (TPSA) is 105 Å². The third-order valence-electron chi connectivity index (χ3n) is 3.63. The molecule has 0 bridgehead atoms. The number of carbonyl (C=O) groups excluding carboxylic acids is 2. The summed E-state index contributed by atoms with van der Waals surface area (Å²) in [5.74, 6) is -1.94. The number of hydrogen-bond acceptors (Lipinski definition) is 4. The summed E-state index contributed by atoms with van der Waals surface area (Å²) in [4.78, 5) is 34.9. The third kappa shape index (κ3) is 4.57. The molecule has 2 rings (SSSR count). The number of aromatic carboxylic acids is 1. The molecule has 0 saturated heterocycles. The Kier molecular flexibility index (Phi) is 5.73. The van der Waals surface area contributed by atoms with E-state index in [2.05, 4.69) is 10.9 Å². The number of carbonyl (C=O) groups is 3. The summed E-state index contributed by atoms with van der Waals surface area (Å²) >= 11 is 0. The van der Waals surface area contributed by atoms with Crippen LogP contribution in [0.25, 0.3) is 0 Å². The van der Waals surface area contributed by atoms with Crippen LogP contribution >= 0.6 is 0 Å². The lowest BCUT2D eigenvalue weighted by Gasteiger charge is -2.12. The van der Waals surface area contributed by atoms with Gasteiger partial charge in [-0.2, -0.15) is 0 Å².